The maximum absolute atomic E-state index is 10.2. The van der Waals surface area contributed by atoms with Crippen LogP contribution in [0.4, 0.5) is 0 Å². The number of nitrogens with one attached hydrogen (secondary N) is 1. The second kappa shape index (κ2) is 3.39. The van der Waals surface area contributed by atoms with Gasteiger partial charge in [-0.1, -0.05) is 0 Å². The van der Waals surface area contributed by atoms with Gasteiger partial charge in [0, 0.05) is 39.1 Å². The fourth-order valence-electron chi connectivity index (χ4n) is 0.475. The van der Waals surface area contributed by atoms with Gasteiger partial charge >= 0.3 is 5.97 Å². The number of rotatable bonds is 0. The molecule has 0 saturated carbocycles. The van der Waals surface area contributed by atoms with Crippen LogP contribution in [0.15, 0.2) is 0 Å². The Balaban J connectivity index is 0.000000640. The van der Waals surface area contributed by atoms with Crippen LogP contribution in [0, 0.1) is 0 Å². The Morgan fingerprint density at radius 3 is 2.22 bits per heavy atom. The summed E-state index contributed by atoms with van der Waals surface area (Å²) in [5.41, 5.74) is 6.77. The summed E-state index contributed by atoms with van der Waals surface area (Å²) >= 11 is 0. The van der Waals surface area contributed by atoms with E-state index in [-0.39, 0.29) is 39.1 Å². The van der Waals surface area contributed by atoms with E-state index in [9.17, 15) is 9.59 Å². The molecule has 9 heavy (non-hydrogen) atoms. The van der Waals surface area contributed by atoms with Gasteiger partial charge in [0.05, 0.1) is 0 Å². The second-order valence-electron chi connectivity index (χ2n) is 1.55. The van der Waals surface area contributed by atoms with Crippen molar-refractivity contribution in [3.05, 3.63) is 5.73 Å². The van der Waals surface area contributed by atoms with Gasteiger partial charge in [-0.05, 0) is 6.04 Å². The Morgan fingerprint density at radius 1 is 1.56 bits per heavy atom. The third kappa shape index (κ3) is 2.12. The normalized spacial score (nSPS) is 25.2. The molecule has 1 fully saturated rings. The van der Waals surface area contributed by atoms with Crippen LogP contribution in [-0.4, -0.2) is 18.0 Å². The first-order valence-corrected chi connectivity index (χ1v) is 2.16. The number of esters is 2. The van der Waals surface area contributed by atoms with Gasteiger partial charge in [0.25, 0.3) is 5.97 Å². The van der Waals surface area contributed by atoms with E-state index < -0.39 is 18.0 Å². The predicted molar refractivity (Wildman–Crippen MR) is 23.8 cm³/mol. The minimum atomic E-state index is -0.970. The largest absolute Gasteiger partial charge is 0.665 e. The molecule has 1 saturated heterocycles. The Hall–Kier alpha value is 0.204. The van der Waals surface area contributed by atoms with Crippen molar-refractivity contribution >= 4 is 11.9 Å². The predicted octanol–water partition coefficient (Wildman–Crippen LogP) is -0.122. The van der Waals surface area contributed by atoms with E-state index >= 15 is 0 Å². The molecular weight excluding hydrogens is 199 g/mol. The van der Waals surface area contributed by atoms with Crippen molar-refractivity contribution in [3.8, 4) is 0 Å². The molecule has 1 aliphatic rings. The third-order valence-electron chi connectivity index (χ3n) is 0.870. The Morgan fingerprint density at radius 2 is 2.11 bits per heavy atom. The standard InChI is InChI=1S/C4H4NO3.Y/c5-2-1-3(6)8-4(2)7;/h2,5H,1H2;/q-1;/t2-;/m1./s1. The number of hydrogen-bond acceptors (Lipinski definition) is 3. The number of cyclic esters (lactones) is 2. The number of ether oxygens (including phenoxy) is 1. The zero-order valence-electron chi connectivity index (χ0n) is 4.59. The van der Waals surface area contributed by atoms with Crippen LogP contribution in [0.1, 0.15) is 6.42 Å². The molecule has 1 radical (unpaired) electrons. The van der Waals surface area contributed by atoms with Crippen molar-refractivity contribution in [2.45, 2.75) is 12.5 Å². The van der Waals surface area contributed by atoms with Gasteiger partial charge in [-0.15, -0.1) is 0 Å². The summed E-state index contributed by atoms with van der Waals surface area (Å²) in [7, 11) is 0. The molecule has 0 spiro atoms. The molecule has 1 rings (SSSR count). The summed E-state index contributed by atoms with van der Waals surface area (Å²) in [4.78, 5) is 20.3. The molecule has 1 atom stereocenters. The molecule has 1 heterocycles. The first kappa shape index (κ1) is 9.20. The van der Waals surface area contributed by atoms with Crippen LogP contribution in [0.3, 0.4) is 0 Å². The first-order valence-electron chi connectivity index (χ1n) is 2.16. The molecule has 5 heteroatoms. The van der Waals surface area contributed by atoms with Crippen molar-refractivity contribution in [1.29, 1.82) is 0 Å². The van der Waals surface area contributed by atoms with E-state index in [2.05, 4.69) is 4.74 Å². The fraction of sp³-hybridized carbons (Fsp3) is 0.500. The zero-order valence-corrected chi connectivity index (χ0v) is 7.42. The Bertz CT molecular complexity index is 147. The van der Waals surface area contributed by atoms with Crippen molar-refractivity contribution in [1.82, 2.24) is 0 Å². The van der Waals surface area contributed by atoms with E-state index in [0.717, 1.165) is 0 Å². The molecule has 4 nitrogen and oxygen atoms in total. The van der Waals surface area contributed by atoms with Crippen LogP contribution in [0.25, 0.3) is 5.73 Å². The summed E-state index contributed by atoms with van der Waals surface area (Å²) in [6.45, 7) is 0. The molecule has 0 bridgehead atoms. The summed E-state index contributed by atoms with van der Waals surface area (Å²) in [6, 6.07) is -0.970. The minimum absolute atomic E-state index is 0. The average Bonchev–Trinajstić information content (AvgIpc) is 1.85. The van der Waals surface area contributed by atoms with Crippen LogP contribution in [0.2, 0.25) is 0 Å². The molecule has 1 aliphatic heterocycles. The van der Waals surface area contributed by atoms with Crippen molar-refractivity contribution in [2.75, 3.05) is 0 Å². The summed E-state index contributed by atoms with van der Waals surface area (Å²) < 4.78 is 4.01. The molecule has 0 aromatic heterocycles. The van der Waals surface area contributed by atoms with E-state index in [1.165, 1.54) is 0 Å². The van der Waals surface area contributed by atoms with Gasteiger partial charge in [0.1, 0.15) is 0 Å². The quantitative estimate of drug-likeness (QED) is 0.407. The molecule has 47 valence electrons. The van der Waals surface area contributed by atoms with Crippen LogP contribution >= 0.6 is 0 Å². The van der Waals surface area contributed by atoms with E-state index in [0.29, 0.717) is 0 Å². The summed E-state index contributed by atoms with van der Waals surface area (Å²) in [5, 5.41) is 0. The topological polar surface area (TPSA) is 67.2 Å². The van der Waals surface area contributed by atoms with Crippen molar-refractivity contribution in [2.24, 2.45) is 0 Å². The molecule has 0 aromatic carbocycles. The van der Waals surface area contributed by atoms with E-state index in [1.807, 2.05) is 0 Å². The molecule has 1 N–H and O–H groups in total. The number of carbonyl (C=O) groups is 2. The van der Waals surface area contributed by atoms with Crippen molar-refractivity contribution < 1.29 is 47.0 Å². The van der Waals surface area contributed by atoms with Crippen LogP contribution < -0.4 is 0 Å². The second-order valence-corrected chi connectivity index (χ2v) is 1.55. The molecular formula is C4H4NO3Y-. The van der Waals surface area contributed by atoms with E-state index in [1.54, 1.807) is 0 Å². The average molecular weight is 203 g/mol. The van der Waals surface area contributed by atoms with E-state index in [4.69, 9.17) is 5.73 Å². The molecule has 0 aromatic rings. The summed E-state index contributed by atoms with van der Waals surface area (Å²) in [6.07, 6.45) is -0.0845. The monoisotopic (exact) mass is 203 g/mol. The molecule has 0 amide bonds. The van der Waals surface area contributed by atoms with Gasteiger partial charge in [0.15, 0.2) is 0 Å². The smallest absolute Gasteiger partial charge is 0.312 e. The summed E-state index contributed by atoms with van der Waals surface area (Å²) in [5.74, 6) is -1.31. The Labute approximate surface area is 77.0 Å². The number of carbonyl (C=O) groups excluding carboxylic acids is 2. The maximum atomic E-state index is 10.2. The minimum Gasteiger partial charge on any atom is -0.665 e. The molecule has 0 unspecified atom stereocenters. The van der Waals surface area contributed by atoms with Crippen LogP contribution in [-0.2, 0) is 47.0 Å². The molecule has 0 aliphatic carbocycles. The maximum Gasteiger partial charge on any atom is 0.312 e. The number of hydrogen-bond donors (Lipinski definition) is 0. The SMILES string of the molecule is [NH-][C@@H]1CC(=O)OC1=O.[Y]. The van der Waals surface area contributed by atoms with Gasteiger partial charge in [-0.25, -0.2) is 0 Å². The first-order chi connectivity index (χ1) is 3.70. The van der Waals surface area contributed by atoms with Crippen LogP contribution in [0.5, 0.6) is 0 Å². The van der Waals surface area contributed by atoms with Gasteiger partial charge in [0.2, 0.25) is 0 Å². The zero-order chi connectivity index (χ0) is 6.15. The third-order valence-corrected chi connectivity index (χ3v) is 0.870. The van der Waals surface area contributed by atoms with Crippen molar-refractivity contribution in [3.63, 3.8) is 0 Å². The van der Waals surface area contributed by atoms with Gasteiger partial charge in [-0.3, -0.25) is 9.59 Å². The Kier molecular flexibility index (Phi) is 3.47. The van der Waals surface area contributed by atoms with Gasteiger partial charge in [-0.2, -0.15) is 0 Å². The van der Waals surface area contributed by atoms with Gasteiger partial charge < -0.3 is 10.5 Å². The fourth-order valence-corrected chi connectivity index (χ4v) is 0.475.